The number of hydrogen-bond acceptors (Lipinski definition) is 3. The van der Waals surface area contributed by atoms with Crippen LogP contribution in [0.15, 0.2) is 74.7 Å². The number of furan rings is 1. The van der Waals surface area contributed by atoms with Gasteiger partial charge in [0, 0.05) is 0 Å². The van der Waals surface area contributed by atoms with Crippen LogP contribution in [-0.4, -0.2) is 0 Å². The summed E-state index contributed by atoms with van der Waals surface area (Å²) < 4.78 is 4.95. The Labute approximate surface area is 140 Å². The zero-order valence-corrected chi connectivity index (χ0v) is 13.0. The third kappa shape index (κ3) is 1.38. The van der Waals surface area contributed by atoms with Crippen molar-refractivity contribution in [1.29, 1.82) is 0 Å². The van der Waals surface area contributed by atoms with Gasteiger partial charge in [-0.05, 0) is 43.1 Å². The van der Waals surface area contributed by atoms with E-state index < -0.39 is 11.3 Å². The molecule has 3 nitrogen and oxygen atoms in total. The fourth-order valence-corrected chi connectivity index (χ4v) is 4.34. The molecule has 0 bridgehead atoms. The molecule has 0 unspecified atom stereocenters. The van der Waals surface area contributed by atoms with Gasteiger partial charge in [0.2, 0.25) is 0 Å². The van der Waals surface area contributed by atoms with E-state index in [0.29, 0.717) is 10.8 Å². The first-order chi connectivity index (χ1) is 12.3. The maximum atomic E-state index is 12.4. The van der Waals surface area contributed by atoms with Gasteiger partial charge >= 0.3 is 11.3 Å². The lowest BCUT2D eigenvalue weighted by atomic mass is 9.87. The molecule has 6 rings (SSSR count). The quantitative estimate of drug-likeness (QED) is 0.302. The summed E-state index contributed by atoms with van der Waals surface area (Å²) in [5.74, 6) is 0. The largest absolute Gasteiger partial charge is 0.386 e. The van der Waals surface area contributed by atoms with Gasteiger partial charge in [-0.15, -0.1) is 0 Å². The molecule has 0 aliphatic heterocycles. The fourth-order valence-electron chi connectivity index (χ4n) is 4.34. The van der Waals surface area contributed by atoms with Crippen LogP contribution in [-0.2, 0) is 0 Å². The van der Waals surface area contributed by atoms with Gasteiger partial charge in [0.25, 0.3) is 0 Å². The Morgan fingerprint density at radius 2 is 0.840 bits per heavy atom. The Morgan fingerprint density at radius 3 is 1.32 bits per heavy atom. The van der Waals surface area contributed by atoms with Gasteiger partial charge in [0.1, 0.15) is 0 Å². The minimum Gasteiger partial charge on any atom is -0.386 e. The van der Waals surface area contributed by atoms with Crippen LogP contribution in [0.5, 0.6) is 0 Å². The van der Waals surface area contributed by atoms with Crippen molar-refractivity contribution in [2.45, 2.75) is 0 Å². The van der Waals surface area contributed by atoms with Crippen molar-refractivity contribution >= 4 is 53.9 Å². The van der Waals surface area contributed by atoms with Crippen molar-refractivity contribution < 1.29 is 4.42 Å². The monoisotopic (exact) mass is 322 g/mol. The maximum absolute atomic E-state index is 12.4. The van der Waals surface area contributed by atoms with Crippen molar-refractivity contribution in [1.82, 2.24) is 0 Å². The molecule has 0 amide bonds. The molecule has 0 atom stereocenters. The summed E-state index contributed by atoms with van der Waals surface area (Å²) in [4.78, 5) is 24.7. The second kappa shape index (κ2) is 4.14. The SMILES string of the molecule is O=c1oc(=O)c2c3cccc4c5ccccc5c5cccc(c12)c5c43. The maximum Gasteiger partial charge on any atom is 0.347 e. The standard InChI is InChI=1S/C22H10O3/c23-21-19-15-9-3-7-13-11-5-1-2-6-12(11)14-8-4-10-16(18(14)17(13)15)20(19)22(24)25-21/h1-10H. The molecule has 0 N–H and O–H groups in total. The van der Waals surface area contributed by atoms with E-state index in [1.807, 2.05) is 36.4 Å². The highest BCUT2D eigenvalue weighted by Gasteiger charge is 2.21. The van der Waals surface area contributed by atoms with Gasteiger partial charge in [0.05, 0.1) is 10.8 Å². The van der Waals surface area contributed by atoms with Crippen LogP contribution in [0.2, 0.25) is 0 Å². The Bertz CT molecular complexity index is 1460. The van der Waals surface area contributed by atoms with Gasteiger partial charge in [-0.2, -0.15) is 0 Å². The molecule has 0 saturated carbocycles. The molecule has 25 heavy (non-hydrogen) atoms. The lowest BCUT2D eigenvalue weighted by Gasteiger charge is -2.14. The first-order valence-corrected chi connectivity index (χ1v) is 8.13. The molecule has 0 saturated heterocycles. The van der Waals surface area contributed by atoms with Crippen LogP contribution < -0.4 is 11.3 Å². The highest BCUT2D eigenvalue weighted by atomic mass is 16.4. The molecule has 0 aliphatic rings. The first kappa shape index (κ1) is 12.9. The average Bonchev–Trinajstić information content (AvgIpc) is 2.95. The second-order valence-corrected chi connectivity index (χ2v) is 6.43. The van der Waals surface area contributed by atoms with Gasteiger partial charge in [-0.1, -0.05) is 60.7 Å². The first-order valence-electron chi connectivity index (χ1n) is 8.13. The molecule has 3 heteroatoms. The lowest BCUT2D eigenvalue weighted by Crippen LogP contribution is -1.94. The smallest absolute Gasteiger partial charge is 0.347 e. The van der Waals surface area contributed by atoms with Crippen molar-refractivity contribution in [2.24, 2.45) is 0 Å². The van der Waals surface area contributed by atoms with E-state index in [4.69, 9.17) is 4.42 Å². The summed E-state index contributed by atoms with van der Waals surface area (Å²) in [6, 6.07) is 20.1. The molecule has 0 fully saturated rings. The summed E-state index contributed by atoms with van der Waals surface area (Å²) >= 11 is 0. The Hall–Kier alpha value is -3.46. The summed E-state index contributed by atoms with van der Waals surface area (Å²) in [5.41, 5.74) is -1.10. The van der Waals surface area contributed by atoms with Crippen LogP contribution in [0.3, 0.4) is 0 Å². The fraction of sp³-hybridized carbons (Fsp3) is 0. The van der Waals surface area contributed by atoms with E-state index in [2.05, 4.69) is 24.3 Å². The van der Waals surface area contributed by atoms with Gasteiger partial charge in [-0.3, -0.25) is 0 Å². The van der Waals surface area contributed by atoms with E-state index in [1.165, 1.54) is 0 Å². The van der Waals surface area contributed by atoms with E-state index in [-0.39, 0.29) is 0 Å². The zero-order valence-electron chi connectivity index (χ0n) is 13.0. The molecule has 5 aromatic carbocycles. The number of hydrogen-bond donors (Lipinski definition) is 0. The van der Waals surface area contributed by atoms with Crippen LogP contribution in [0, 0.1) is 0 Å². The molecule has 0 aliphatic carbocycles. The van der Waals surface area contributed by atoms with Crippen molar-refractivity contribution in [3.8, 4) is 0 Å². The molecule has 1 aromatic heterocycles. The summed E-state index contributed by atoms with van der Waals surface area (Å²) in [6.45, 7) is 0. The molecular formula is C22H10O3. The third-order valence-electron chi connectivity index (χ3n) is 5.27. The van der Waals surface area contributed by atoms with Crippen LogP contribution in [0.25, 0.3) is 53.9 Å². The topological polar surface area (TPSA) is 47.3 Å². The molecule has 0 radical (unpaired) electrons. The van der Waals surface area contributed by atoms with E-state index >= 15 is 0 Å². The Morgan fingerprint density at radius 1 is 0.440 bits per heavy atom. The van der Waals surface area contributed by atoms with Crippen molar-refractivity contribution in [3.63, 3.8) is 0 Å². The summed E-state index contributed by atoms with van der Waals surface area (Å²) in [5, 5.41) is 8.89. The number of benzene rings is 5. The predicted octanol–water partition coefficient (Wildman–Crippen LogP) is 4.64. The Kier molecular flexibility index (Phi) is 2.13. The number of fused-ring (bicyclic) bond motifs is 6. The average molecular weight is 322 g/mol. The number of rotatable bonds is 0. The highest BCUT2D eigenvalue weighted by molar-refractivity contribution is 6.39. The van der Waals surface area contributed by atoms with Gasteiger partial charge < -0.3 is 4.42 Å². The minimum absolute atomic E-state index is 0.394. The molecule has 6 aromatic rings. The molecule has 1 heterocycles. The van der Waals surface area contributed by atoms with Crippen LogP contribution >= 0.6 is 0 Å². The normalized spacial score (nSPS) is 12.3. The van der Waals surface area contributed by atoms with Gasteiger partial charge in [0.15, 0.2) is 0 Å². The van der Waals surface area contributed by atoms with Gasteiger partial charge in [-0.25, -0.2) is 9.59 Å². The second-order valence-electron chi connectivity index (χ2n) is 6.43. The zero-order chi connectivity index (χ0) is 16.7. The van der Waals surface area contributed by atoms with E-state index in [9.17, 15) is 9.59 Å². The van der Waals surface area contributed by atoms with Crippen molar-refractivity contribution in [3.05, 3.63) is 81.5 Å². The van der Waals surface area contributed by atoms with E-state index in [0.717, 1.165) is 43.1 Å². The lowest BCUT2D eigenvalue weighted by molar-refractivity contribution is 0.500. The minimum atomic E-state index is -0.552. The summed E-state index contributed by atoms with van der Waals surface area (Å²) in [6.07, 6.45) is 0. The molecular weight excluding hydrogens is 312 g/mol. The van der Waals surface area contributed by atoms with Crippen LogP contribution in [0.4, 0.5) is 0 Å². The van der Waals surface area contributed by atoms with Crippen LogP contribution in [0.1, 0.15) is 0 Å². The van der Waals surface area contributed by atoms with Crippen molar-refractivity contribution in [2.75, 3.05) is 0 Å². The molecule has 116 valence electrons. The van der Waals surface area contributed by atoms with E-state index in [1.54, 1.807) is 0 Å². The predicted molar refractivity (Wildman–Crippen MR) is 101 cm³/mol. The molecule has 0 spiro atoms. The third-order valence-corrected chi connectivity index (χ3v) is 5.27. The summed E-state index contributed by atoms with van der Waals surface area (Å²) in [7, 11) is 0. The highest BCUT2D eigenvalue weighted by Crippen LogP contribution is 2.43. The Balaban J connectivity index is 2.21.